The largest absolute Gasteiger partial charge is 0.363 e. The predicted molar refractivity (Wildman–Crippen MR) is 125 cm³/mol. The number of rotatable bonds is 8. The molecule has 0 radical (unpaired) electrons. The van der Waals surface area contributed by atoms with Crippen LogP contribution in [0.15, 0.2) is 30.3 Å². The van der Waals surface area contributed by atoms with Gasteiger partial charge in [-0.15, -0.1) is 0 Å². The van der Waals surface area contributed by atoms with Crippen molar-refractivity contribution < 1.29 is 17.9 Å². The summed E-state index contributed by atoms with van der Waals surface area (Å²) in [5.74, 6) is 0.159. The normalized spacial score (nSPS) is 33.6. The Morgan fingerprint density at radius 3 is 2.30 bits per heavy atom. The Balaban J connectivity index is 1.13. The van der Waals surface area contributed by atoms with Crippen molar-refractivity contribution in [2.24, 2.45) is 0 Å². The van der Waals surface area contributed by atoms with Crippen molar-refractivity contribution in [1.82, 2.24) is 14.5 Å². The van der Waals surface area contributed by atoms with Crippen LogP contribution in [0.25, 0.3) is 0 Å². The summed E-state index contributed by atoms with van der Waals surface area (Å²) >= 11 is 0. The van der Waals surface area contributed by atoms with Crippen LogP contribution in [0.2, 0.25) is 0 Å². The number of sulfonamides is 1. The molecule has 1 aromatic carbocycles. The van der Waals surface area contributed by atoms with Gasteiger partial charge < -0.3 is 9.64 Å². The molecular weight excluding hydrogens is 438 g/mol. The number of carbonyl (C=O) groups excluding carboxylic acids is 1. The zero-order valence-corrected chi connectivity index (χ0v) is 20.0. The number of nitrogens with one attached hydrogen (secondary N) is 1. The summed E-state index contributed by atoms with van der Waals surface area (Å²) in [6.45, 7) is 1.86. The molecule has 1 aromatic rings. The van der Waals surface area contributed by atoms with Gasteiger partial charge in [0, 0.05) is 30.7 Å². The lowest BCUT2D eigenvalue weighted by atomic mass is 9.84. The quantitative estimate of drug-likeness (QED) is 0.628. The van der Waals surface area contributed by atoms with Gasteiger partial charge in [-0.3, -0.25) is 9.69 Å². The van der Waals surface area contributed by atoms with Crippen LogP contribution >= 0.6 is 0 Å². The Labute approximate surface area is 196 Å². The fourth-order valence-corrected chi connectivity index (χ4v) is 8.00. The first kappa shape index (κ1) is 22.0. The summed E-state index contributed by atoms with van der Waals surface area (Å²) in [6, 6.07) is 11.1. The highest BCUT2D eigenvalue weighted by Crippen LogP contribution is 2.46. The van der Waals surface area contributed by atoms with Gasteiger partial charge in [-0.05, 0) is 63.4 Å². The Hall–Kier alpha value is -1.48. The molecule has 0 aromatic heterocycles. The number of amides is 1. The highest BCUT2D eigenvalue weighted by molar-refractivity contribution is 7.90. The number of ether oxygens (including phenoxy) is 1. The second-order valence-electron chi connectivity index (χ2n) is 10.9. The fraction of sp³-hybridized carbons (Fsp3) is 0.720. The lowest BCUT2D eigenvalue weighted by Gasteiger charge is -2.50. The lowest BCUT2D eigenvalue weighted by Crippen LogP contribution is -2.61. The first-order chi connectivity index (χ1) is 15.9. The molecule has 5 aliphatic rings. The Morgan fingerprint density at radius 2 is 1.67 bits per heavy atom. The standard InChI is InChI=1S/C25H35N3O4S/c29-24-16-32-25(17-28(24)19-6-7-19)14-20-8-9-21(15-25)27(20)13-12-23(18-4-2-1-3-5-18)26-33(30,31)22-10-11-22/h1-5,19-23,26H,6-17H2/t20-,21+,23-,25?/m0/s1. The molecule has 2 bridgehead atoms. The van der Waals surface area contributed by atoms with E-state index in [1.54, 1.807) is 0 Å². The predicted octanol–water partition coefficient (Wildman–Crippen LogP) is 2.59. The topological polar surface area (TPSA) is 79.0 Å². The van der Waals surface area contributed by atoms with E-state index < -0.39 is 10.0 Å². The van der Waals surface area contributed by atoms with E-state index in [0.29, 0.717) is 18.1 Å². The molecule has 1 amide bonds. The van der Waals surface area contributed by atoms with Gasteiger partial charge in [-0.25, -0.2) is 13.1 Å². The zero-order chi connectivity index (χ0) is 22.6. The molecule has 180 valence electrons. The second kappa shape index (κ2) is 8.33. The smallest absolute Gasteiger partial charge is 0.248 e. The summed E-state index contributed by atoms with van der Waals surface area (Å²) < 4.78 is 34.7. The van der Waals surface area contributed by atoms with E-state index >= 15 is 0 Å². The van der Waals surface area contributed by atoms with E-state index in [0.717, 1.165) is 76.4 Å². The molecule has 3 saturated heterocycles. The van der Waals surface area contributed by atoms with E-state index in [9.17, 15) is 13.2 Å². The van der Waals surface area contributed by atoms with E-state index in [1.807, 2.05) is 30.3 Å². The van der Waals surface area contributed by atoms with Crippen molar-refractivity contribution in [3.63, 3.8) is 0 Å². The fourth-order valence-electron chi connectivity index (χ4n) is 6.40. The van der Waals surface area contributed by atoms with Gasteiger partial charge >= 0.3 is 0 Å². The molecule has 3 aliphatic heterocycles. The first-order valence-corrected chi connectivity index (χ1v) is 14.2. The maximum atomic E-state index is 12.7. The number of hydrogen-bond donors (Lipinski definition) is 1. The summed E-state index contributed by atoms with van der Waals surface area (Å²) in [7, 11) is -3.26. The maximum absolute atomic E-state index is 12.7. The van der Waals surface area contributed by atoms with E-state index in [1.165, 1.54) is 0 Å². The molecule has 8 heteroatoms. The van der Waals surface area contributed by atoms with Crippen molar-refractivity contribution in [3.05, 3.63) is 35.9 Å². The number of benzene rings is 1. The van der Waals surface area contributed by atoms with Crippen LogP contribution in [-0.2, 0) is 19.6 Å². The minimum absolute atomic E-state index is 0.159. The average molecular weight is 474 g/mol. The van der Waals surface area contributed by atoms with Crippen LogP contribution in [0.3, 0.4) is 0 Å². The summed E-state index contributed by atoms with van der Waals surface area (Å²) in [6.07, 6.45) is 8.87. The monoisotopic (exact) mass is 473 g/mol. The molecule has 7 nitrogen and oxygen atoms in total. The van der Waals surface area contributed by atoms with Crippen molar-refractivity contribution in [2.45, 2.75) is 92.8 Å². The van der Waals surface area contributed by atoms with Crippen LogP contribution in [0.1, 0.15) is 69.4 Å². The van der Waals surface area contributed by atoms with Gasteiger partial charge in [0.2, 0.25) is 15.9 Å². The van der Waals surface area contributed by atoms with Crippen molar-refractivity contribution >= 4 is 15.9 Å². The molecule has 1 unspecified atom stereocenters. The van der Waals surface area contributed by atoms with Crippen molar-refractivity contribution in [1.29, 1.82) is 0 Å². The number of carbonyl (C=O) groups is 1. The van der Waals surface area contributed by atoms with Gasteiger partial charge in [0.05, 0.1) is 17.4 Å². The summed E-state index contributed by atoms with van der Waals surface area (Å²) in [5.41, 5.74) is 0.849. The van der Waals surface area contributed by atoms with E-state index in [4.69, 9.17) is 4.74 Å². The van der Waals surface area contributed by atoms with Gasteiger partial charge in [0.1, 0.15) is 6.61 Å². The molecule has 33 heavy (non-hydrogen) atoms. The zero-order valence-electron chi connectivity index (χ0n) is 19.2. The minimum Gasteiger partial charge on any atom is -0.363 e. The second-order valence-corrected chi connectivity index (χ2v) is 12.9. The van der Waals surface area contributed by atoms with Crippen LogP contribution in [-0.4, -0.2) is 72.8 Å². The van der Waals surface area contributed by atoms with Crippen LogP contribution in [0.5, 0.6) is 0 Å². The molecule has 5 fully saturated rings. The Bertz CT molecular complexity index is 978. The van der Waals surface area contributed by atoms with Crippen molar-refractivity contribution in [3.8, 4) is 0 Å². The minimum atomic E-state index is -3.26. The van der Waals surface area contributed by atoms with Crippen LogP contribution < -0.4 is 4.72 Å². The Morgan fingerprint density at radius 1 is 1.00 bits per heavy atom. The van der Waals surface area contributed by atoms with Crippen LogP contribution in [0, 0.1) is 0 Å². The van der Waals surface area contributed by atoms with Gasteiger partial charge in [-0.2, -0.15) is 0 Å². The number of hydrogen-bond acceptors (Lipinski definition) is 5. The van der Waals surface area contributed by atoms with Gasteiger partial charge in [-0.1, -0.05) is 30.3 Å². The molecule has 2 aliphatic carbocycles. The summed E-state index contributed by atoms with van der Waals surface area (Å²) in [4.78, 5) is 17.1. The van der Waals surface area contributed by atoms with E-state index in [-0.39, 0.29) is 29.4 Å². The molecular formula is C25H35N3O4S. The number of piperidine rings is 1. The lowest BCUT2D eigenvalue weighted by molar-refractivity contribution is -0.177. The third-order valence-corrected chi connectivity index (χ3v) is 10.4. The number of fused-ring (bicyclic) bond motifs is 2. The molecule has 2 saturated carbocycles. The van der Waals surface area contributed by atoms with Crippen LogP contribution in [0.4, 0.5) is 0 Å². The third kappa shape index (κ3) is 4.47. The van der Waals surface area contributed by atoms with Crippen molar-refractivity contribution in [2.75, 3.05) is 19.7 Å². The number of morpholine rings is 1. The Kier molecular flexibility index (Phi) is 5.55. The third-order valence-electron chi connectivity index (χ3n) is 8.40. The van der Waals surface area contributed by atoms with Gasteiger partial charge in [0.15, 0.2) is 0 Å². The SMILES string of the molecule is O=C1COC2(C[C@H]3CC[C@@H](C2)N3CC[C@H](NS(=O)(=O)C2CC2)c2ccccc2)CN1C1CC1. The maximum Gasteiger partial charge on any atom is 0.248 e. The molecule has 4 atom stereocenters. The highest BCUT2D eigenvalue weighted by Gasteiger charge is 2.53. The van der Waals surface area contributed by atoms with Gasteiger partial charge in [0.25, 0.3) is 0 Å². The average Bonchev–Trinajstić information content (AvgIpc) is 3.70. The highest BCUT2D eigenvalue weighted by atomic mass is 32.2. The summed E-state index contributed by atoms with van der Waals surface area (Å²) in [5, 5.41) is -0.213. The molecule has 6 rings (SSSR count). The molecule has 1 N–H and O–H groups in total. The first-order valence-electron chi connectivity index (χ1n) is 12.7. The number of nitrogens with zero attached hydrogens (tertiary/aromatic N) is 2. The molecule has 3 heterocycles. The molecule has 1 spiro atoms. The van der Waals surface area contributed by atoms with E-state index in [2.05, 4.69) is 14.5 Å².